The van der Waals surface area contributed by atoms with E-state index in [9.17, 15) is 9.18 Å². The van der Waals surface area contributed by atoms with Gasteiger partial charge in [0.15, 0.2) is 0 Å². The van der Waals surface area contributed by atoms with Crippen LogP contribution < -0.4 is 10.6 Å². The third-order valence-corrected chi connectivity index (χ3v) is 3.46. The molecule has 1 aliphatic rings. The second-order valence-electron chi connectivity index (χ2n) is 4.81. The molecule has 2 N–H and O–H groups in total. The van der Waals surface area contributed by atoms with Crippen LogP contribution >= 0.6 is 0 Å². The Labute approximate surface area is 107 Å². The zero-order valence-corrected chi connectivity index (χ0v) is 10.6. The quantitative estimate of drug-likeness (QED) is 0.850. The minimum Gasteiger partial charge on any atom is -0.355 e. The van der Waals surface area contributed by atoms with Gasteiger partial charge in [-0.05, 0) is 44.0 Å². The Hall–Kier alpha value is -1.42. The molecule has 0 saturated carbocycles. The van der Waals surface area contributed by atoms with Gasteiger partial charge in [-0.1, -0.05) is 12.1 Å². The molecule has 1 aromatic rings. The topological polar surface area (TPSA) is 41.1 Å². The van der Waals surface area contributed by atoms with E-state index < -0.39 is 0 Å². The molecule has 0 aliphatic carbocycles. The number of carbonyl (C=O) groups is 1. The molecule has 3 nitrogen and oxygen atoms in total. The molecule has 0 bridgehead atoms. The summed E-state index contributed by atoms with van der Waals surface area (Å²) in [6.45, 7) is 3.50. The predicted octanol–water partition coefficient (Wildman–Crippen LogP) is 1.48. The van der Waals surface area contributed by atoms with Crippen molar-refractivity contribution < 1.29 is 9.18 Å². The fraction of sp³-hybridized carbons (Fsp3) is 0.500. The van der Waals surface area contributed by atoms with E-state index in [1.54, 1.807) is 6.07 Å². The molecule has 1 saturated heterocycles. The van der Waals surface area contributed by atoms with Crippen molar-refractivity contribution in [3.05, 3.63) is 35.6 Å². The lowest BCUT2D eigenvalue weighted by Crippen LogP contribution is -2.37. The smallest absolute Gasteiger partial charge is 0.224 e. The van der Waals surface area contributed by atoms with Crippen molar-refractivity contribution in [2.45, 2.75) is 25.8 Å². The molecule has 0 radical (unpaired) electrons. The van der Waals surface area contributed by atoms with Crippen LogP contribution in [-0.2, 0) is 11.2 Å². The zero-order valence-electron chi connectivity index (χ0n) is 10.6. The monoisotopic (exact) mass is 250 g/mol. The van der Waals surface area contributed by atoms with Gasteiger partial charge in [-0.15, -0.1) is 0 Å². The van der Waals surface area contributed by atoms with E-state index in [0.717, 1.165) is 18.5 Å². The Morgan fingerprint density at radius 2 is 2.39 bits per heavy atom. The molecule has 1 fully saturated rings. The van der Waals surface area contributed by atoms with Crippen LogP contribution in [0.3, 0.4) is 0 Å². The molecule has 1 heterocycles. The summed E-state index contributed by atoms with van der Waals surface area (Å²) in [7, 11) is 0. The van der Waals surface area contributed by atoms with Crippen molar-refractivity contribution in [2.24, 2.45) is 5.92 Å². The number of hydrogen-bond donors (Lipinski definition) is 2. The van der Waals surface area contributed by atoms with E-state index in [0.29, 0.717) is 13.0 Å². The van der Waals surface area contributed by atoms with E-state index in [-0.39, 0.29) is 23.7 Å². The molecule has 2 rings (SSSR count). The first kappa shape index (κ1) is 13.0. The molecule has 1 aromatic carbocycles. The largest absolute Gasteiger partial charge is 0.355 e. The third kappa shape index (κ3) is 3.29. The van der Waals surface area contributed by atoms with Gasteiger partial charge in [0.2, 0.25) is 5.91 Å². The Morgan fingerprint density at radius 1 is 1.56 bits per heavy atom. The highest BCUT2D eigenvalue weighted by Crippen LogP contribution is 2.14. The fourth-order valence-electron chi connectivity index (χ4n) is 2.37. The summed E-state index contributed by atoms with van der Waals surface area (Å²) in [4.78, 5) is 11.9. The molecule has 0 spiro atoms. The van der Waals surface area contributed by atoms with E-state index in [1.165, 1.54) is 12.1 Å². The Kier molecular flexibility index (Phi) is 4.31. The van der Waals surface area contributed by atoms with E-state index >= 15 is 0 Å². The summed E-state index contributed by atoms with van der Waals surface area (Å²) < 4.78 is 13.0. The molecule has 1 aliphatic heterocycles. The molecule has 0 aromatic heterocycles. The van der Waals surface area contributed by atoms with Crippen molar-refractivity contribution in [2.75, 3.05) is 13.1 Å². The Morgan fingerprint density at radius 3 is 3.06 bits per heavy atom. The van der Waals surface area contributed by atoms with Gasteiger partial charge in [-0.2, -0.15) is 0 Å². The number of carbonyl (C=O) groups excluding carboxylic acids is 1. The first-order chi connectivity index (χ1) is 8.66. The van der Waals surface area contributed by atoms with Crippen molar-refractivity contribution >= 4 is 5.91 Å². The molecule has 1 amide bonds. The number of hydrogen-bond acceptors (Lipinski definition) is 2. The van der Waals surface area contributed by atoms with E-state index in [2.05, 4.69) is 10.6 Å². The van der Waals surface area contributed by atoms with Crippen LogP contribution in [0.4, 0.5) is 4.39 Å². The van der Waals surface area contributed by atoms with Crippen LogP contribution in [0.2, 0.25) is 0 Å². The van der Waals surface area contributed by atoms with Crippen LogP contribution in [0.5, 0.6) is 0 Å². The molecule has 18 heavy (non-hydrogen) atoms. The van der Waals surface area contributed by atoms with Gasteiger partial charge >= 0.3 is 0 Å². The van der Waals surface area contributed by atoms with Gasteiger partial charge in [-0.25, -0.2) is 4.39 Å². The van der Waals surface area contributed by atoms with Crippen LogP contribution in [0.1, 0.15) is 18.9 Å². The summed E-state index contributed by atoms with van der Waals surface area (Å²) in [6.07, 6.45) is 1.56. The maximum atomic E-state index is 13.0. The molecular formula is C14H19FN2O. The predicted molar refractivity (Wildman–Crippen MR) is 68.7 cm³/mol. The van der Waals surface area contributed by atoms with Crippen LogP contribution in [0.25, 0.3) is 0 Å². The van der Waals surface area contributed by atoms with Crippen LogP contribution in [0, 0.1) is 11.7 Å². The lowest BCUT2D eigenvalue weighted by molar-refractivity contribution is -0.125. The summed E-state index contributed by atoms with van der Waals surface area (Å²) in [5.74, 6) is -0.0612. The van der Waals surface area contributed by atoms with Crippen LogP contribution in [0.15, 0.2) is 24.3 Å². The Balaban J connectivity index is 1.77. The van der Waals surface area contributed by atoms with Gasteiger partial charge < -0.3 is 10.6 Å². The molecule has 98 valence electrons. The number of nitrogens with one attached hydrogen (secondary N) is 2. The standard InChI is InChI=1S/C14H19FN2O/c1-10-13(6-8-16-10)14(18)17-7-5-11-3-2-4-12(15)9-11/h2-4,9-10,13,16H,5-8H2,1H3,(H,17,18). The van der Waals surface area contributed by atoms with E-state index in [1.807, 2.05) is 13.0 Å². The minimum absolute atomic E-state index is 0.0671. The van der Waals surface area contributed by atoms with Gasteiger partial charge in [0.1, 0.15) is 5.82 Å². The fourth-order valence-corrected chi connectivity index (χ4v) is 2.37. The molecular weight excluding hydrogens is 231 g/mol. The lowest BCUT2D eigenvalue weighted by Gasteiger charge is -2.14. The molecule has 4 heteroatoms. The highest BCUT2D eigenvalue weighted by atomic mass is 19.1. The van der Waals surface area contributed by atoms with Crippen molar-refractivity contribution in [1.82, 2.24) is 10.6 Å². The SMILES string of the molecule is CC1NCCC1C(=O)NCCc1cccc(F)c1. The molecule has 2 atom stereocenters. The average Bonchev–Trinajstić information content (AvgIpc) is 2.75. The van der Waals surface area contributed by atoms with E-state index in [4.69, 9.17) is 0 Å². The van der Waals surface area contributed by atoms with Gasteiger partial charge in [0.25, 0.3) is 0 Å². The van der Waals surface area contributed by atoms with Gasteiger partial charge in [-0.3, -0.25) is 4.79 Å². The minimum atomic E-state index is -0.229. The van der Waals surface area contributed by atoms with Gasteiger partial charge in [0, 0.05) is 12.6 Å². The number of halogens is 1. The molecule has 2 unspecified atom stereocenters. The maximum absolute atomic E-state index is 13.0. The Bertz CT molecular complexity index is 422. The first-order valence-corrected chi connectivity index (χ1v) is 6.42. The highest BCUT2D eigenvalue weighted by molar-refractivity contribution is 5.79. The second-order valence-corrected chi connectivity index (χ2v) is 4.81. The van der Waals surface area contributed by atoms with Crippen LogP contribution in [-0.4, -0.2) is 25.0 Å². The summed E-state index contributed by atoms with van der Waals surface area (Å²) in [5, 5.41) is 6.18. The van der Waals surface area contributed by atoms with Crippen molar-refractivity contribution in [3.63, 3.8) is 0 Å². The summed E-state index contributed by atoms with van der Waals surface area (Å²) in [6, 6.07) is 6.74. The number of amides is 1. The highest BCUT2D eigenvalue weighted by Gasteiger charge is 2.28. The summed E-state index contributed by atoms with van der Waals surface area (Å²) >= 11 is 0. The summed E-state index contributed by atoms with van der Waals surface area (Å²) in [5.41, 5.74) is 0.910. The maximum Gasteiger partial charge on any atom is 0.224 e. The van der Waals surface area contributed by atoms with Crippen molar-refractivity contribution in [3.8, 4) is 0 Å². The second kappa shape index (κ2) is 5.96. The number of rotatable bonds is 4. The lowest BCUT2D eigenvalue weighted by atomic mass is 10.0. The normalized spacial score (nSPS) is 23.0. The third-order valence-electron chi connectivity index (χ3n) is 3.46. The number of benzene rings is 1. The average molecular weight is 250 g/mol. The van der Waals surface area contributed by atoms with Gasteiger partial charge in [0.05, 0.1) is 5.92 Å². The first-order valence-electron chi connectivity index (χ1n) is 6.42. The van der Waals surface area contributed by atoms with Crippen molar-refractivity contribution in [1.29, 1.82) is 0 Å². The zero-order chi connectivity index (χ0) is 13.0.